The first-order valence-electron chi connectivity index (χ1n) is 9.18. The van der Waals surface area contributed by atoms with Crippen molar-refractivity contribution in [3.8, 4) is 0 Å². The molecular formula is C21H36O2. The normalized spacial score (nSPS) is 13.7. The first-order chi connectivity index (χ1) is 11.0. The molecule has 0 radical (unpaired) electrons. The van der Waals surface area contributed by atoms with E-state index >= 15 is 0 Å². The molecule has 0 bridgehead atoms. The number of allylic oxidation sites excluding steroid dienone is 5. The summed E-state index contributed by atoms with van der Waals surface area (Å²) in [7, 11) is 0. The van der Waals surface area contributed by atoms with Gasteiger partial charge in [0.25, 0.3) is 0 Å². The topological polar surface area (TPSA) is 26.3 Å². The standard InChI is InChI=1S/C21H36O2/c1-7-19(8-2)12-11-13-20(9-3)15-14-17(5)18(6)16-21(22)23-10-4/h12,14,16,20H,7-11,13,15H2,1-6H3/b17-14+,18-16+. The van der Waals surface area contributed by atoms with Gasteiger partial charge in [-0.25, -0.2) is 4.79 Å². The first-order valence-corrected chi connectivity index (χ1v) is 9.18. The van der Waals surface area contributed by atoms with E-state index in [4.69, 9.17) is 4.74 Å². The lowest BCUT2D eigenvalue weighted by atomic mass is 9.93. The molecule has 0 saturated carbocycles. The molecule has 0 aromatic rings. The van der Waals surface area contributed by atoms with E-state index in [1.54, 1.807) is 11.6 Å². The fraction of sp³-hybridized carbons (Fsp3) is 0.667. The molecule has 0 amide bonds. The Bertz CT molecular complexity index is 421. The molecule has 132 valence electrons. The molecule has 2 heteroatoms. The SMILES string of the molecule is CCOC(=O)/C=C(C)/C(C)=C/CC(CC)CCC=C(CC)CC. The summed E-state index contributed by atoms with van der Waals surface area (Å²) < 4.78 is 4.96. The lowest BCUT2D eigenvalue weighted by Crippen LogP contribution is -2.01. The van der Waals surface area contributed by atoms with Gasteiger partial charge in [-0.15, -0.1) is 0 Å². The number of rotatable bonds is 11. The molecule has 0 aliphatic carbocycles. The second-order valence-corrected chi connectivity index (χ2v) is 6.12. The summed E-state index contributed by atoms with van der Waals surface area (Å²) in [6.45, 7) is 13.0. The Morgan fingerprint density at radius 3 is 2.17 bits per heavy atom. The highest BCUT2D eigenvalue weighted by atomic mass is 16.5. The van der Waals surface area contributed by atoms with E-state index < -0.39 is 0 Å². The van der Waals surface area contributed by atoms with Crippen molar-refractivity contribution in [3.63, 3.8) is 0 Å². The van der Waals surface area contributed by atoms with Crippen molar-refractivity contribution >= 4 is 5.97 Å². The third-order valence-corrected chi connectivity index (χ3v) is 4.49. The molecule has 0 heterocycles. The maximum absolute atomic E-state index is 11.5. The van der Waals surface area contributed by atoms with E-state index in [0.29, 0.717) is 12.5 Å². The number of carbonyl (C=O) groups excluding carboxylic acids is 1. The highest BCUT2D eigenvalue weighted by Crippen LogP contribution is 2.20. The van der Waals surface area contributed by atoms with E-state index in [1.807, 2.05) is 13.8 Å². The van der Waals surface area contributed by atoms with Gasteiger partial charge in [-0.3, -0.25) is 0 Å². The van der Waals surface area contributed by atoms with E-state index in [2.05, 4.69) is 39.8 Å². The monoisotopic (exact) mass is 320 g/mol. The van der Waals surface area contributed by atoms with Crippen LogP contribution < -0.4 is 0 Å². The van der Waals surface area contributed by atoms with Crippen molar-refractivity contribution < 1.29 is 9.53 Å². The zero-order valence-corrected chi connectivity index (χ0v) is 16.1. The van der Waals surface area contributed by atoms with E-state index in [9.17, 15) is 4.79 Å². The van der Waals surface area contributed by atoms with Crippen LogP contribution in [0.1, 0.15) is 80.1 Å². The molecular weight excluding hydrogens is 284 g/mol. The molecule has 0 rings (SSSR count). The van der Waals surface area contributed by atoms with Crippen molar-refractivity contribution in [3.05, 3.63) is 34.9 Å². The molecule has 1 atom stereocenters. The molecule has 0 spiro atoms. The van der Waals surface area contributed by atoms with E-state index in [-0.39, 0.29) is 5.97 Å². The molecule has 0 aliphatic heterocycles. The molecule has 0 N–H and O–H groups in total. The van der Waals surface area contributed by atoms with Gasteiger partial charge in [-0.2, -0.15) is 0 Å². The molecule has 23 heavy (non-hydrogen) atoms. The van der Waals surface area contributed by atoms with Crippen LogP contribution in [0, 0.1) is 5.92 Å². The maximum Gasteiger partial charge on any atom is 0.331 e. The number of ether oxygens (including phenoxy) is 1. The number of carbonyl (C=O) groups is 1. The first kappa shape index (κ1) is 21.7. The molecule has 2 nitrogen and oxygen atoms in total. The quantitative estimate of drug-likeness (QED) is 0.191. The lowest BCUT2D eigenvalue weighted by Gasteiger charge is -2.12. The van der Waals surface area contributed by atoms with Gasteiger partial charge < -0.3 is 4.74 Å². The van der Waals surface area contributed by atoms with Gasteiger partial charge in [-0.1, -0.05) is 50.5 Å². The summed E-state index contributed by atoms with van der Waals surface area (Å²) in [5.41, 5.74) is 3.74. The minimum absolute atomic E-state index is 0.249. The minimum atomic E-state index is -0.249. The van der Waals surface area contributed by atoms with Crippen molar-refractivity contribution in [2.75, 3.05) is 6.61 Å². The van der Waals surface area contributed by atoms with Gasteiger partial charge in [0.05, 0.1) is 6.61 Å². The van der Waals surface area contributed by atoms with Crippen molar-refractivity contribution in [2.45, 2.75) is 80.1 Å². The fourth-order valence-corrected chi connectivity index (χ4v) is 2.53. The van der Waals surface area contributed by atoms with Crippen LogP contribution in [0.3, 0.4) is 0 Å². The van der Waals surface area contributed by atoms with Crippen LogP contribution in [-0.2, 0) is 9.53 Å². The zero-order chi connectivity index (χ0) is 17.7. The van der Waals surface area contributed by atoms with Gasteiger partial charge in [0.15, 0.2) is 0 Å². The summed E-state index contributed by atoms with van der Waals surface area (Å²) in [6, 6.07) is 0. The number of esters is 1. The molecule has 0 aromatic heterocycles. The number of hydrogen-bond donors (Lipinski definition) is 0. The van der Waals surface area contributed by atoms with E-state index in [1.165, 1.54) is 37.7 Å². The van der Waals surface area contributed by atoms with Crippen molar-refractivity contribution in [2.24, 2.45) is 5.92 Å². The predicted octanol–water partition coefficient (Wildman–Crippen LogP) is 6.39. The Morgan fingerprint density at radius 1 is 1.00 bits per heavy atom. The third-order valence-electron chi connectivity index (χ3n) is 4.49. The van der Waals surface area contributed by atoms with Crippen LogP contribution >= 0.6 is 0 Å². The van der Waals surface area contributed by atoms with Crippen molar-refractivity contribution in [1.29, 1.82) is 0 Å². The minimum Gasteiger partial charge on any atom is -0.463 e. The maximum atomic E-state index is 11.5. The molecule has 0 saturated heterocycles. The van der Waals surface area contributed by atoms with Gasteiger partial charge >= 0.3 is 5.97 Å². The summed E-state index contributed by atoms with van der Waals surface area (Å²) in [5, 5.41) is 0. The van der Waals surface area contributed by atoms with Crippen molar-refractivity contribution in [1.82, 2.24) is 0 Å². The average Bonchev–Trinajstić information content (AvgIpc) is 2.54. The molecule has 1 unspecified atom stereocenters. The predicted molar refractivity (Wildman–Crippen MR) is 100 cm³/mol. The van der Waals surface area contributed by atoms with Gasteiger partial charge in [0.2, 0.25) is 0 Å². The highest BCUT2D eigenvalue weighted by Gasteiger charge is 2.05. The van der Waals surface area contributed by atoms with Gasteiger partial charge in [-0.05, 0) is 64.4 Å². The summed E-state index contributed by atoms with van der Waals surface area (Å²) in [6.07, 6.45) is 13.3. The second-order valence-electron chi connectivity index (χ2n) is 6.12. The summed E-state index contributed by atoms with van der Waals surface area (Å²) in [4.78, 5) is 11.5. The Labute approximate surface area is 143 Å². The average molecular weight is 321 g/mol. The lowest BCUT2D eigenvalue weighted by molar-refractivity contribution is -0.137. The van der Waals surface area contributed by atoms with Gasteiger partial charge in [0.1, 0.15) is 0 Å². The fourth-order valence-electron chi connectivity index (χ4n) is 2.53. The largest absolute Gasteiger partial charge is 0.463 e. The van der Waals surface area contributed by atoms with Gasteiger partial charge in [0, 0.05) is 6.08 Å². The zero-order valence-electron chi connectivity index (χ0n) is 16.1. The van der Waals surface area contributed by atoms with E-state index in [0.717, 1.165) is 12.0 Å². The molecule has 0 aromatic carbocycles. The third kappa shape index (κ3) is 10.1. The van der Waals surface area contributed by atoms with Crippen LogP contribution in [0.2, 0.25) is 0 Å². The Balaban J connectivity index is 4.51. The van der Waals surface area contributed by atoms with Crippen LogP contribution in [0.4, 0.5) is 0 Å². The molecule has 0 fully saturated rings. The Morgan fingerprint density at radius 2 is 1.65 bits per heavy atom. The smallest absolute Gasteiger partial charge is 0.331 e. The van der Waals surface area contributed by atoms with Crippen LogP contribution in [0.25, 0.3) is 0 Å². The Hall–Kier alpha value is -1.31. The van der Waals surface area contributed by atoms with Crippen LogP contribution in [-0.4, -0.2) is 12.6 Å². The summed E-state index contributed by atoms with van der Waals surface area (Å²) >= 11 is 0. The summed E-state index contributed by atoms with van der Waals surface area (Å²) in [5.74, 6) is 0.466. The Kier molecular flexibility index (Phi) is 12.4. The highest BCUT2D eigenvalue weighted by molar-refractivity contribution is 5.83. The number of hydrogen-bond acceptors (Lipinski definition) is 2. The van der Waals surface area contributed by atoms with Crippen LogP contribution in [0.5, 0.6) is 0 Å². The second kappa shape index (κ2) is 13.2. The molecule has 0 aliphatic rings. The van der Waals surface area contributed by atoms with Crippen LogP contribution in [0.15, 0.2) is 34.9 Å².